The number of nitrogens with two attached hydrogens (primary N) is 1. The molecular formula is C15H13N3O. The standard InChI is InChI=1S/C15H13N3O/c1-19-12-4-5-13-9(7-12)2-3-10-6-11(8-16)15(17)18-14(10)13/h4-7H,2-3H2,1H3,(H2,17,18). The molecular weight excluding hydrogens is 238 g/mol. The number of hydrogen-bond acceptors (Lipinski definition) is 4. The van der Waals surface area contributed by atoms with E-state index in [-0.39, 0.29) is 0 Å². The van der Waals surface area contributed by atoms with Gasteiger partial charge in [0.25, 0.3) is 0 Å². The summed E-state index contributed by atoms with van der Waals surface area (Å²) in [5.41, 5.74) is 10.5. The van der Waals surface area contributed by atoms with E-state index in [0.29, 0.717) is 11.4 Å². The van der Waals surface area contributed by atoms with Gasteiger partial charge in [0.15, 0.2) is 0 Å². The first kappa shape index (κ1) is 11.5. The number of rotatable bonds is 1. The minimum atomic E-state index is 0.296. The van der Waals surface area contributed by atoms with E-state index in [1.165, 1.54) is 5.56 Å². The molecule has 0 radical (unpaired) electrons. The summed E-state index contributed by atoms with van der Waals surface area (Å²) < 4.78 is 5.24. The molecule has 0 atom stereocenters. The van der Waals surface area contributed by atoms with Gasteiger partial charge in [-0.25, -0.2) is 4.98 Å². The average molecular weight is 251 g/mol. The number of nitrogens with zero attached hydrogens (tertiary/aromatic N) is 2. The average Bonchev–Trinajstić information content (AvgIpc) is 2.45. The number of nitrogen functional groups attached to an aromatic ring is 1. The first-order valence-corrected chi connectivity index (χ1v) is 6.09. The third-order valence-electron chi connectivity index (χ3n) is 3.48. The summed E-state index contributed by atoms with van der Waals surface area (Å²) in [6.45, 7) is 0. The lowest BCUT2D eigenvalue weighted by atomic mass is 9.88. The molecule has 1 aliphatic carbocycles. The Labute approximate surface area is 111 Å². The quantitative estimate of drug-likeness (QED) is 0.844. The van der Waals surface area contributed by atoms with Crippen LogP contribution in [0.15, 0.2) is 24.3 Å². The third kappa shape index (κ3) is 1.80. The molecule has 94 valence electrons. The fourth-order valence-electron chi connectivity index (χ4n) is 2.49. The topological polar surface area (TPSA) is 71.9 Å². The highest BCUT2D eigenvalue weighted by Crippen LogP contribution is 2.35. The summed E-state index contributed by atoms with van der Waals surface area (Å²) in [4.78, 5) is 4.40. The molecule has 0 spiro atoms. The Hall–Kier alpha value is -2.54. The monoisotopic (exact) mass is 251 g/mol. The molecule has 0 amide bonds. The maximum Gasteiger partial charge on any atom is 0.142 e. The van der Waals surface area contributed by atoms with Gasteiger partial charge in [-0.2, -0.15) is 5.26 Å². The van der Waals surface area contributed by atoms with Gasteiger partial charge < -0.3 is 10.5 Å². The molecule has 1 aromatic heterocycles. The molecule has 0 bridgehead atoms. The van der Waals surface area contributed by atoms with Crippen molar-refractivity contribution < 1.29 is 4.74 Å². The number of aromatic nitrogens is 1. The van der Waals surface area contributed by atoms with Gasteiger partial charge in [0.2, 0.25) is 0 Å². The Morgan fingerprint density at radius 3 is 2.79 bits per heavy atom. The molecule has 3 rings (SSSR count). The largest absolute Gasteiger partial charge is 0.497 e. The zero-order chi connectivity index (χ0) is 13.4. The second-order valence-corrected chi connectivity index (χ2v) is 4.56. The van der Waals surface area contributed by atoms with Gasteiger partial charge in [0, 0.05) is 5.56 Å². The van der Waals surface area contributed by atoms with Crippen LogP contribution in [0.25, 0.3) is 11.3 Å². The summed E-state index contributed by atoms with van der Waals surface area (Å²) in [6, 6.07) is 9.89. The number of anilines is 1. The first-order valence-electron chi connectivity index (χ1n) is 6.09. The molecule has 0 saturated heterocycles. The summed E-state index contributed by atoms with van der Waals surface area (Å²) in [7, 11) is 1.66. The summed E-state index contributed by atoms with van der Waals surface area (Å²) in [5.74, 6) is 1.15. The number of aryl methyl sites for hydroxylation is 2. The van der Waals surface area contributed by atoms with Crippen LogP contribution in [0.3, 0.4) is 0 Å². The highest BCUT2D eigenvalue weighted by Gasteiger charge is 2.19. The molecule has 1 aliphatic rings. The van der Waals surface area contributed by atoms with Gasteiger partial charge >= 0.3 is 0 Å². The van der Waals surface area contributed by atoms with Crippen molar-refractivity contribution in [2.45, 2.75) is 12.8 Å². The lowest BCUT2D eigenvalue weighted by molar-refractivity contribution is 0.414. The van der Waals surface area contributed by atoms with Crippen LogP contribution in [0, 0.1) is 11.3 Å². The van der Waals surface area contributed by atoms with Gasteiger partial charge in [-0.15, -0.1) is 0 Å². The van der Waals surface area contributed by atoms with Crippen molar-refractivity contribution in [3.63, 3.8) is 0 Å². The summed E-state index contributed by atoms with van der Waals surface area (Å²) in [5, 5.41) is 9.00. The normalized spacial score (nSPS) is 12.2. The molecule has 0 unspecified atom stereocenters. The van der Waals surface area contributed by atoms with E-state index < -0.39 is 0 Å². The number of nitriles is 1. The van der Waals surface area contributed by atoms with Crippen LogP contribution in [0.2, 0.25) is 0 Å². The predicted molar refractivity (Wildman–Crippen MR) is 72.8 cm³/mol. The number of benzene rings is 1. The van der Waals surface area contributed by atoms with Crippen molar-refractivity contribution in [3.05, 3.63) is 41.0 Å². The number of ether oxygens (including phenoxy) is 1. The smallest absolute Gasteiger partial charge is 0.142 e. The molecule has 4 heteroatoms. The number of fused-ring (bicyclic) bond motifs is 3. The molecule has 0 saturated carbocycles. The molecule has 2 aromatic rings. The van der Waals surface area contributed by atoms with Crippen LogP contribution in [-0.2, 0) is 12.8 Å². The van der Waals surface area contributed by atoms with Crippen molar-refractivity contribution >= 4 is 5.82 Å². The Bertz CT molecular complexity index is 701. The Morgan fingerprint density at radius 2 is 2.05 bits per heavy atom. The second kappa shape index (κ2) is 4.29. The molecule has 1 aromatic carbocycles. The number of pyridine rings is 1. The summed E-state index contributed by atoms with van der Waals surface area (Å²) >= 11 is 0. The Balaban J connectivity index is 2.19. The van der Waals surface area contributed by atoms with Crippen LogP contribution < -0.4 is 10.5 Å². The van der Waals surface area contributed by atoms with Crippen LogP contribution >= 0.6 is 0 Å². The van der Waals surface area contributed by atoms with E-state index in [1.54, 1.807) is 7.11 Å². The van der Waals surface area contributed by atoms with E-state index in [2.05, 4.69) is 11.1 Å². The van der Waals surface area contributed by atoms with Crippen LogP contribution in [0.5, 0.6) is 5.75 Å². The zero-order valence-corrected chi connectivity index (χ0v) is 10.6. The second-order valence-electron chi connectivity index (χ2n) is 4.56. The Morgan fingerprint density at radius 1 is 1.26 bits per heavy atom. The first-order chi connectivity index (χ1) is 9.22. The van der Waals surface area contributed by atoms with Crippen molar-refractivity contribution in [2.75, 3.05) is 12.8 Å². The maximum absolute atomic E-state index is 9.00. The van der Waals surface area contributed by atoms with Gasteiger partial charge in [-0.05, 0) is 48.2 Å². The Kier molecular flexibility index (Phi) is 2.60. The van der Waals surface area contributed by atoms with Gasteiger partial charge in [-0.1, -0.05) is 0 Å². The van der Waals surface area contributed by atoms with E-state index in [0.717, 1.165) is 35.4 Å². The van der Waals surface area contributed by atoms with E-state index >= 15 is 0 Å². The molecule has 0 aliphatic heterocycles. The number of hydrogen-bond donors (Lipinski definition) is 1. The lowest BCUT2D eigenvalue weighted by Crippen LogP contribution is -2.09. The zero-order valence-electron chi connectivity index (χ0n) is 10.6. The van der Waals surface area contributed by atoms with Crippen molar-refractivity contribution in [2.24, 2.45) is 0 Å². The van der Waals surface area contributed by atoms with Crippen LogP contribution in [0.1, 0.15) is 16.7 Å². The molecule has 0 fully saturated rings. The van der Waals surface area contributed by atoms with Crippen LogP contribution in [0.4, 0.5) is 5.82 Å². The van der Waals surface area contributed by atoms with Crippen molar-refractivity contribution in [1.29, 1.82) is 5.26 Å². The van der Waals surface area contributed by atoms with Crippen molar-refractivity contribution in [1.82, 2.24) is 4.98 Å². The lowest BCUT2D eigenvalue weighted by Gasteiger charge is -2.20. The van der Waals surface area contributed by atoms with Gasteiger partial charge in [0.05, 0.1) is 18.4 Å². The number of methoxy groups -OCH3 is 1. The SMILES string of the molecule is COc1ccc2c(c1)CCc1cc(C#N)c(N)nc1-2. The van der Waals surface area contributed by atoms with Gasteiger partial charge in [-0.3, -0.25) is 0 Å². The van der Waals surface area contributed by atoms with Crippen molar-refractivity contribution in [3.8, 4) is 23.1 Å². The summed E-state index contributed by atoms with van der Waals surface area (Å²) in [6.07, 6.45) is 1.80. The highest BCUT2D eigenvalue weighted by molar-refractivity contribution is 5.73. The van der Waals surface area contributed by atoms with Crippen LogP contribution in [-0.4, -0.2) is 12.1 Å². The minimum absolute atomic E-state index is 0.296. The van der Waals surface area contributed by atoms with Gasteiger partial charge in [0.1, 0.15) is 17.6 Å². The predicted octanol–water partition coefficient (Wildman–Crippen LogP) is 2.31. The minimum Gasteiger partial charge on any atom is -0.497 e. The fraction of sp³-hybridized carbons (Fsp3) is 0.200. The highest BCUT2D eigenvalue weighted by atomic mass is 16.5. The molecule has 2 N–H and O–H groups in total. The van der Waals surface area contributed by atoms with E-state index in [4.69, 9.17) is 15.7 Å². The molecule has 4 nitrogen and oxygen atoms in total. The molecule has 19 heavy (non-hydrogen) atoms. The third-order valence-corrected chi connectivity index (χ3v) is 3.48. The molecule has 1 heterocycles. The van der Waals surface area contributed by atoms with E-state index in [1.807, 2.05) is 24.3 Å². The maximum atomic E-state index is 9.00. The van der Waals surface area contributed by atoms with E-state index in [9.17, 15) is 0 Å². The fourth-order valence-corrected chi connectivity index (χ4v) is 2.49.